The second kappa shape index (κ2) is 5.37. The molecule has 0 fully saturated rings. The fraction of sp³-hybridized carbons (Fsp3) is 0.154. The van der Waals surface area contributed by atoms with E-state index in [1.165, 1.54) is 7.11 Å². The summed E-state index contributed by atoms with van der Waals surface area (Å²) >= 11 is 3.36. The first-order valence-electron chi connectivity index (χ1n) is 5.31. The molecule has 1 unspecified atom stereocenters. The second-order valence-corrected chi connectivity index (χ2v) is 4.64. The number of carbonyl (C=O) groups excluding carboxylic acids is 1. The predicted octanol–water partition coefficient (Wildman–Crippen LogP) is 2.88. The van der Waals surface area contributed by atoms with Crippen LogP contribution in [0.3, 0.4) is 0 Å². The Bertz CT molecular complexity index is 548. The number of benzene rings is 1. The van der Waals surface area contributed by atoms with Crippen LogP contribution in [0.15, 0.2) is 45.3 Å². The van der Waals surface area contributed by atoms with Gasteiger partial charge in [0, 0.05) is 4.47 Å². The zero-order valence-corrected chi connectivity index (χ0v) is 11.3. The van der Waals surface area contributed by atoms with Crippen LogP contribution in [0.25, 0.3) is 0 Å². The normalized spacial score (nSPS) is 12.2. The largest absolute Gasteiger partial charge is 0.463 e. The molecule has 1 heterocycles. The van der Waals surface area contributed by atoms with E-state index in [0.717, 1.165) is 10.0 Å². The molecule has 0 radical (unpaired) electrons. The van der Waals surface area contributed by atoms with Gasteiger partial charge in [0.2, 0.25) is 5.76 Å². The van der Waals surface area contributed by atoms with Crippen LogP contribution in [-0.4, -0.2) is 13.1 Å². The third kappa shape index (κ3) is 2.63. The van der Waals surface area contributed by atoms with Crippen LogP contribution in [0.2, 0.25) is 0 Å². The van der Waals surface area contributed by atoms with Gasteiger partial charge in [-0.2, -0.15) is 0 Å². The zero-order chi connectivity index (χ0) is 13.1. The van der Waals surface area contributed by atoms with Gasteiger partial charge in [0.25, 0.3) is 0 Å². The number of carbonyl (C=O) groups is 1. The molecule has 0 saturated heterocycles. The third-order valence-corrected chi connectivity index (χ3v) is 3.08. The van der Waals surface area contributed by atoms with Crippen LogP contribution < -0.4 is 5.73 Å². The molecule has 2 N–H and O–H groups in total. The fourth-order valence-corrected chi connectivity index (χ4v) is 1.83. The molecule has 2 aromatic rings. The predicted molar refractivity (Wildman–Crippen MR) is 70.2 cm³/mol. The topological polar surface area (TPSA) is 65.5 Å². The number of rotatable bonds is 3. The van der Waals surface area contributed by atoms with E-state index in [9.17, 15) is 4.79 Å². The molecule has 1 atom stereocenters. The van der Waals surface area contributed by atoms with Gasteiger partial charge >= 0.3 is 5.97 Å². The average molecular weight is 310 g/mol. The SMILES string of the molecule is COC(=O)c1ccc(C(N)c2ccc(Br)cc2)o1. The molecule has 0 aliphatic heterocycles. The molecule has 2 rings (SSSR count). The van der Waals surface area contributed by atoms with Crippen LogP contribution in [0.5, 0.6) is 0 Å². The van der Waals surface area contributed by atoms with Crippen molar-refractivity contribution in [2.75, 3.05) is 7.11 Å². The Morgan fingerprint density at radius 3 is 2.56 bits per heavy atom. The summed E-state index contributed by atoms with van der Waals surface area (Å²) in [5.41, 5.74) is 6.97. The number of furan rings is 1. The minimum absolute atomic E-state index is 0.153. The monoisotopic (exact) mass is 309 g/mol. The van der Waals surface area contributed by atoms with Crippen molar-refractivity contribution in [3.05, 3.63) is 58.0 Å². The molecule has 0 aliphatic rings. The first kappa shape index (κ1) is 12.9. The van der Waals surface area contributed by atoms with E-state index in [0.29, 0.717) is 5.76 Å². The maximum atomic E-state index is 11.3. The summed E-state index contributed by atoms with van der Waals surface area (Å²) in [6.07, 6.45) is 0. The minimum atomic E-state index is -0.510. The van der Waals surface area contributed by atoms with Crippen molar-refractivity contribution in [3.8, 4) is 0 Å². The molecular formula is C13H12BrNO3. The highest BCUT2D eigenvalue weighted by molar-refractivity contribution is 9.10. The summed E-state index contributed by atoms with van der Waals surface area (Å²) in [7, 11) is 1.30. The molecule has 0 saturated carbocycles. The smallest absolute Gasteiger partial charge is 0.373 e. The molecule has 0 spiro atoms. The van der Waals surface area contributed by atoms with Crippen LogP contribution >= 0.6 is 15.9 Å². The second-order valence-electron chi connectivity index (χ2n) is 3.72. The Hall–Kier alpha value is -1.59. The van der Waals surface area contributed by atoms with Gasteiger partial charge < -0.3 is 14.9 Å². The number of nitrogens with two attached hydrogens (primary N) is 1. The lowest BCUT2D eigenvalue weighted by Crippen LogP contribution is -2.10. The van der Waals surface area contributed by atoms with Gasteiger partial charge in [0.15, 0.2) is 0 Å². The summed E-state index contributed by atoms with van der Waals surface area (Å²) in [5.74, 6) is 0.169. The lowest BCUT2D eigenvalue weighted by Gasteiger charge is -2.09. The molecule has 94 valence electrons. The summed E-state index contributed by atoms with van der Waals surface area (Å²) in [4.78, 5) is 11.3. The maximum Gasteiger partial charge on any atom is 0.373 e. The summed E-state index contributed by atoms with van der Waals surface area (Å²) < 4.78 is 10.9. The van der Waals surface area contributed by atoms with Gasteiger partial charge in [-0.1, -0.05) is 28.1 Å². The van der Waals surface area contributed by atoms with Gasteiger partial charge in [-0.3, -0.25) is 0 Å². The van der Waals surface area contributed by atoms with Crippen molar-refractivity contribution >= 4 is 21.9 Å². The summed E-state index contributed by atoms with van der Waals surface area (Å²) in [6, 6.07) is 10.4. The van der Waals surface area contributed by atoms with E-state index in [1.54, 1.807) is 12.1 Å². The van der Waals surface area contributed by atoms with Crippen LogP contribution in [0.4, 0.5) is 0 Å². The quantitative estimate of drug-likeness (QED) is 0.885. The third-order valence-electron chi connectivity index (χ3n) is 2.55. The zero-order valence-electron chi connectivity index (χ0n) is 9.72. The molecule has 4 nitrogen and oxygen atoms in total. The van der Waals surface area contributed by atoms with Crippen molar-refractivity contribution < 1.29 is 13.9 Å². The first-order chi connectivity index (χ1) is 8.61. The Balaban J connectivity index is 2.23. The number of hydrogen-bond acceptors (Lipinski definition) is 4. The molecule has 0 aliphatic carbocycles. The molecule has 18 heavy (non-hydrogen) atoms. The Labute approximate surface area is 113 Å². The lowest BCUT2D eigenvalue weighted by atomic mass is 10.1. The lowest BCUT2D eigenvalue weighted by molar-refractivity contribution is 0.0562. The number of ether oxygens (including phenoxy) is 1. The van der Waals surface area contributed by atoms with Gasteiger partial charge in [-0.25, -0.2) is 4.79 Å². The van der Waals surface area contributed by atoms with Crippen molar-refractivity contribution in [1.82, 2.24) is 0 Å². The average Bonchev–Trinajstić information content (AvgIpc) is 2.87. The number of halogens is 1. The van der Waals surface area contributed by atoms with Gasteiger partial charge in [-0.05, 0) is 29.8 Å². The Kier molecular flexibility index (Phi) is 3.84. The number of methoxy groups -OCH3 is 1. The number of hydrogen-bond donors (Lipinski definition) is 1. The first-order valence-corrected chi connectivity index (χ1v) is 6.10. The number of esters is 1. The van der Waals surface area contributed by atoms with Gasteiger partial charge in [-0.15, -0.1) is 0 Å². The Morgan fingerprint density at radius 2 is 1.94 bits per heavy atom. The highest BCUT2D eigenvalue weighted by atomic mass is 79.9. The summed E-state index contributed by atoms with van der Waals surface area (Å²) in [5, 5.41) is 0. The van der Waals surface area contributed by atoms with E-state index in [4.69, 9.17) is 10.2 Å². The molecular weight excluding hydrogens is 298 g/mol. The molecule has 0 amide bonds. The molecule has 1 aromatic carbocycles. The molecule has 5 heteroatoms. The fourth-order valence-electron chi connectivity index (χ4n) is 1.56. The molecule has 0 bridgehead atoms. The van der Waals surface area contributed by atoms with Crippen LogP contribution in [0.1, 0.15) is 27.9 Å². The van der Waals surface area contributed by atoms with E-state index >= 15 is 0 Å². The van der Waals surface area contributed by atoms with Gasteiger partial charge in [0.05, 0.1) is 13.2 Å². The Morgan fingerprint density at radius 1 is 1.28 bits per heavy atom. The van der Waals surface area contributed by atoms with Crippen molar-refractivity contribution in [2.24, 2.45) is 5.73 Å². The van der Waals surface area contributed by atoms with Crippen LogP contribution in [0, 0.1) is 0 Å². The standard InChI is InChI=1S/C13H12BrNO3/c1-17-13(16)11-7-6-10(18-11)12(15)8-2-4-9(14)5-3-8/h2-7,12H,15H2,1H3. The van der Waals surface area contributed by atoms with Crippen molar-refractivity contribution in [3.63, 3.8) is 0 Å². The minimum Gasteiger partial charge on any atom is -0.463 e. The van der Waals surface area contributed by atoms with E-state index in [2.05, 4.69) is 20.7 Å². The maximum absolute atomic E-state index is 11.3. The summed E-state index contributed by atoms with van der Waals surface area (Å²) in [6.45, 7) is 0. The highest BCUT2D eigenvalue weighted by Gasteiger charge is 2.16. The van der Waals surface area contributed by atoms with Gasteiger partial charge in [0.1, 0.15) is 5.76 Å². The molecule has 1 aromatic heterocycles. The highest BCUT2D eigenvalue weighted by Crippen LogP contribution is 2.23. The van der Waals surface area contributed by atoms with E-state index in [-0.39, 0.29) is 5.76 Å². The van der Waals surface area contributed by atoms with E-state index < -0.39 is 12.0 Å². The van der Waals surface area contributed by atoms with Crippen LogP contribution in [-0.2, 0) is 4.74 Å². The van der Waals surface area contributed by atoms with Crippen molar-refractivity contribution in [1.29, 1.82) is 0 Å². The van der Waals surface area contributed by atoms with E-state index in [1.807, 2.05) is 24.3 Å². The van der Waals surface area contributed by atoms with Crippen molar-refractivity contribution in [2.45, 2.75) is 6.04 Å².